The van der Waals surface area contributed by atoms with Crippen molar-refractivity contribution in [3.05, 3.63) is 48.6 Å². The van der Waals surface area contributed by atoms with Crippen molar-refractivity contribution in [3.63, 3.8) is 0 Å². The van der Waals surface area contributed by atoms with Crippen LogP contribution in [0.15, 0.2) is 48.6 Å². The molecule has 97 heavy (non-hydrogen) atoms. The smallest absolute Gasteiger partial charge is 0.220 e. The number of amides is 1. The molecule has 0 aromatic rings. The molecule has 3 rings (SSSR count). The van der Waals surface area contributed by atoms with Crippen molar-refractivity contribution in [2.75, 3.05) is 26.4 Å². The van der Waals surface area contributed by atoms with Crippen molar-refractivity contribution < 1.29 is 89.4 Å². The van der Waals surface area contributed by atoms with Crippen LogP contribution in [0.1, 0.15) is 309 Å². The van der Waals surface area contributed by atoms with E-state index in [9.17, 15) is 61.0 Å². The van der Waals surface area contributed by atoms with Crippen molar-refractivity contribution in [3.8, 4) is 0 Å². The maximum Gasteiger partial charge on any atom is 0.220 e. The van der Waals surface area contributed by atoms with Gasteiger partial charge in [0.2, 0.25) is 5.91 Å². The first kappa shape index (κ1) is 89.0. The number of allylic oxidation sites excluding steroid dienone is 8. The number of ether oxygens (including phenoxy) is 6. The number of hydrogen-bond donors (Lipinski definition) is 12. The number of carbonyl (C=O) groups excluding carboxylic acids is 1. The van der Waals surface area contributed by atoms with Crippen LogP contribution in [0.5, 0.6) is 0 Å². The Morgan fingerprint density at radius 2 is 0.711 bits per heavy atom. The number of carbonyl (C=O) groups is 1. The van der Waals surface area contributed by atoms with E-state index in [4.69, 9.17) is 28.4 Å². The normalized spacial score (nSPS) is 27.1. The minimum absolute atomic E-state index is 0.238. The zero-order valence-corrected chi connectivity index (χ0v) is 60.6. The van der Waals surface area contributed by atoms with Gasteiger partial charge in [-0.1, -0.05) is 300 Å². The summed E-state index contributed by atoms with van der Waals surface area (Å²) in [7, 11) is 0. The van der Waals surface area contributed by atoms with Gasteiger partial charge in [0.25, 0.3) is 0 Å². The summed E-state index contributed by atoms with van der Waals surface area (Å²) in [6.07, 6.45) is 46.3. The highest BCUT2D eigenvalue weighted by atomic mass is 16.8. The number of unbranched alkanes of at least 4 members (excludes halogenated alkanes) is 38. The zero-order chi connectivity index (χ0) is 70.4. The van der Waals surface area contributed by atoms with E-state index in [2.05, 4.69) is 67.8 Å². The molecule has 0 bridgehead atoms. The average molecular weight is 1380 g/mol. The van der Waals surface area contributed by atoms with Gasteiger partial charge in [0.05, 0.1) is 38.6 Å². The van der Waals surface area contributed by atoms with Crippen LogP contribution in [0, 0.1) is 0 Å². The van der Waals surface area contributed by atoms with Crippen LogP contribution in [0.25, 0.3) is 0 Å². The van der Waals surface area contributed by atoms with Gasteiger partial charge < -0.3 is 89.9 Å². The lowest BCUT2D eigenvalue weighted by molar-refractivity contribution is -0.379. The standard InChI is InChI=1S/C78H143NO18/c1-3-5-7-9-11-13-15-17-19-21-23-24-25-26-27-28-29-30-31-32-33-34-35-36-38-40-42-44-46-48-50-52-54-56-66(84)79-61(62(83)55-53-51-49-47-45-43-41-39-37-22-20-18-16-14-12-10-8-6-4-2)60-92-76-72(90)69(87)74(64(58-81)94-76)97-78-73(91)70(88)75(65(59-82)95-78)96-77-71(89)68(86)67(85)63(57-80)93-77/h5,7,11,13,17,19,23-24,61-65,67-78,80-83,85-91H,3-4,6,8-10,12,14-16,18,20-22,25-60H2,1-2H3,(H,79,84)/b7-5-,13-11-,19-17-,24-23-. The first-order chi connectivity index (χ1) is 47.3. The van der Waals surface area contributed by atoms with Gasteiger partial charge in [-0.3, -0.25) is 4.79 Å². The minimum Gasteiger partial charge on any atom is -0.394 e. The predicted octanol–water partition coefficient (Wildman–Crippen LogP) is 12.5. The Morgan fingerprint density at radius 3 is 1.11 bits per heavy atom. The molecule has 3 saturated heterocycles. The fraction of sp³-hybridized carbons (Fsp3) is 0.885. The maximum absolute atomic E-state index is 13.5. The second kappa shape index (κ2) is 59.2. The molecule has 0 saturated carbocycles. The Kier molecular flexibility index (Phi) is 54.3. The molecule has 3 heterocycles. The maximum atomic E-state index is 13.5. The quantitative estimate of drug-likeness (QED) is 0.0199. The van der Waals surface area contributed by atoms with Gasteiger partial charge in [0.15, 0.2) is 18.9 Å². The molecule has 568 valence electrons. The summed E-state index contributed by atoms with van der Waals surface area (Å²) in [6, 6.07) is -0.887. The molecule has 0 aliphatic carbocycles. The van der Waals surface area contributed by atoms with Crippen molar-refractivity contribution in [1.82, 2.24) is 5.32 Å². The third kappa shape index (κ3) is 39.8. The summed E-state index contributed by atoms with van der Waals surface area (Å²) in [5.41, 5.74) is 0. The number of hydrogen-bond acceptors (Lipinski definition) is 18. The number of nitrogens with one attached hydrogen (secondary N) is 1. The Bertz CT molecular complexity index is 1940. The summed E-state index contributed by atoms with van der Waals surface area (Å²) < 4.78 is 34.5. The van der Waals surface area contributed by atoms with Crippen molar-refractivity contribution in [1.29, 1.82) is 0 Å². The molecule has 0 aromatic carbocycles. The Labute approximate surface area is 586 Å². The summed E-state index contributed by atoms with van der Waals surface area (Å²) in [6.45, 7) is 1.73. The molecular weight excluding hydrogens is 1240 g/mol. The number of aliphatic hydroxyl groups excluding tert-OH is 11. The molecule has 3 fully saturated rings. The molecule has 19 heteroatoms. The summed E-state index contributed by atoms with van der Waals surface area (Å²) in [5, 5.41) is 121. The molecule has 12 N–H and O–H groups in total. The SMILES string of the molecule is CC/C=C\C/C=C\C/C=C\C/C=C\CCCCCCCCCCCCCCCCCCCCCCC(=O)NC(COC1OC(CO)C(OC2OC(CO)C(OC3OC(CO)C(O)C(O)C3O)C(O)C2O)C(O)C1O)C(O)CCCCCCCCCCCCCCCCCCCCC. The first-order valence-electron chi connectivity index (χ1n) is 39.4. The fourth-order valence-corrected chi connectivity index (χ4v) is 13.4. The molecule has 3 aliphatic heterocycles. The zero-order valence-electron chi connectivity index (χ0n) is 60.6. The predicted molar refractivity (Wildman–Crippen MR) is 383 cm³/mol. The Balaban J connectivity index is 1.35. The largest absolute Gasteiger partial charge is 0.394 e. The van der Waals surface area contributed by atoms with Crippen molar-refractivity contribution in [2.45, 2.75) is 413 Å². The van der Waals surface area contributed by atoms with Crippen LogP contribution in [0.3, 0.4) is 0 Å². The topological polar surface area (TPSA) is 307 Å². The van der Waals surface area contributed by atoms with E-state index in [-0.39, 0.29) is 18.9 Å². The van der Waals surface area contributed by atoms with Gasteiger partial charge in [-0.2, -0.15) is 0 Å². The molecule has 19 nitrogen and oxygen atoms in total. The second-order valence-electron chi connectivity index (χ2n) is 28.2. The van der Waals surface area contributed by atoms with Crippen molar-refractivity contribution in [2.24, 2.45) is 0 Å². The van der Waals surface area contributed by atoms with Crippen LogP contribution in [0.4, 0.5) is 0 Å². The van der Waals surface area contributed by atoms with E-state index in [1.165, 1.54) is 205 Å². The van der Waals surface area contributed by atoms with Crippen LogP contribution < -0.4 is 5.32 Å². The fourth-order valence-electron chi connectivity index (χ4n) is 13.4. The van der Waals surface area contributed by atoms with E-state index < -0.39 is 124 Å². The van der Waals surface area contributed by atoms with E-state index in [1.54, 1.807) is 0 Å². The monoisotopic (exact) mass is 1380 g/mol. The van der Waals surface area contributed by atoms with Gasteiger partial charge in [0, 0.05) is 6.42 Å². The third-order valence-electron chi connectivity index (χ3n) is 19.7. The van der Waals surface area contributed by atoms with Gasteiger partial charge >= 0.3 is 0 Å². The summed E-state index contributed by atoms with van der Waals surface area (Å²) in [4.78, 5) is 13.5. The third-order valence-corrected chi connectivity index (χ3v) is 19.7. The molecule has 3 aliphatic rings. The van der Waals surface area contributed by atoms with Crippen LogP contribution in [-0.4, -0.2) is 193 Å². The first-order valence-corrected chi connectivity index (χ1v) is 39.4. The Morgan fingerprint density at radius 1 is 0.381 bits per heavy atom. The van der Waals surface area contributed by atoms with E-state index in [0.29, 0.717) is 12.8 Å². The summed E-state index contributed by atoms with van der Waals surface area (Å²) in [5.74, 6) is -0.238. The highest BCUT2D eigenvalue weighted by Crippen LogP contribution is 2.33. The van der Waals surface area contributed by atoms with Crippen LogP contribution in [0.2, 0.25) is 0 Å². The molecular formula is C78H143NO18. The van der Waals surface area contributed by atoms with E-state index in [1.807, 2.05) is 0 Å². The summed E-state index contributed by atoms with van der Waals surface area (Å²) >= 11 is 0. The number of aliphatic hydroxyl groups is 11. The van der Waals surface area contributed by atoms with Gasteiger partial charge in [-0.05, 0) is 51.4 Å². The van der Waals surface area contributed by atoms with Crippen LogP contribution >= 0.6 is 0 Å². The van der Waals surface area contributed by atoms with E-state index in [0.717, 1.165) is 70.6 Å². The van der Waals surface area contributed by atoms with E-state index >= 15 is 0 Å². The van der Waals surface area contributed by atoms with Gasteiger partial charge in [-0.15, -0.1) is 0 Å². The minimum atomic E-state index is -1.97. The van der Waals surface area contributed by atoms with Gasteiger partial charge in [-0.25, -0.2) is 0 Å². The molecule has 0 radical (unpaired) electrons. The highest BCUT2D eigenvalue weighted by Gasteiger charge is 2.54. The van der Waals surface area contributed by atoms with Gasteiger partial charge in [0.1, 0.15) is 73.2 Å². The molecule has 0 aromatic heterocycles. The lowest BCUT2D eigenvalue weighted by Crippen LogP contribution is -2.66. The second-order valence-corrected chi connectivity index (χ2v) is 28.2. The average Bonchev–Trinajstić information content (AvgIpc) is 0.845. The molecule has 0 spiro atoms. The van der Waals surface area contributed by atoms with Crippen molar-refractivity contribution >= 4 is 5.91 Å². The lowest BCUT2D eigenvalue weighted by Gasteiger charge is -2.48. The number of rotatable bonds is 62. The van der Waals surface area contributed by atoms with Crippen LogP contribution in [-0.2, 0) is 33.2 Å². The highest BCUT2D eigenvalue weighted by molar-refractivity contribution is 5.76. The molecule has 17 atom stereocenters. The molecule has 17 unspecified atom stereocenters. The Hall–Kier alpha value is -2.25. The molecule has 1 amide bonds. The lowest BCUT2D eigenvalue weighted by atomic mass is 9.96.